The summed E-state index contributed by atoms with van der Waals surface area (Å²) in [5.41, 5.74) is 5.58. The molecule has 1 rings (SSSR count). The zero-order valence-corrected chi connectivity index (χ0v) is 19.0. The maximum absolute atomic E-state index is 5.53. The van der Waals surface area contributed by atoms with Gasteiger partial charge >= 0.3 is 0 Å². The SMILES string of the molecule is CC.CC.CCC(C)(C)N.CCCCN1CCCC(CC)C1CC. The Bertz CT molecular complexity index is 221. The van der Waals surface area contributed by atoms with Crippen molar-refractivity contribution in [3.05, 3.63) is 0 Å². The molecule has 0 saturated carbocycles. The summed E-state index contributed by atoms with van der Waals surface area (Å²) in [6, 6.07) is 0.889. The second-order valence-corrected chi connectivity index (χ2v) is 7.02. The molecule has 24 heavy (non-hydrogen) atoms. The van der Waals surface area contributed by atoms with Crippen LogP contribution in [0.4, 0.5) is 0 Å². The Morgan fingerprint density at radius 1 is 0.958 bits per heavy atom. The summed E-state index contributed by atoms with van der Waals surface area (Å²) in [6.45, 7) is 23.8. The highest BCUT2D eigenvalue weighted by Crippen LogP contribution is 2.28. The van der Waals surface area contributed by atoms with Crippen LogP contribution in [-0.4, -0.2) is 29.6 Å². The fourth-order valence-electron chi connectivity index (χ4n) is 2.92. The third kappa shape index (κ3) is 15.4. The summed E-state index contributed by atoms with van der Waals surface area (Å²) in [4.78, 5) is 2.75. The average Bonchev–Trinajstić information content (AvgIpc) is 2.62. The Hall–Kier alpha value is -0.0800. The molecule has 2 heteroatoms. The van der Waals surface area contributed by atoms with Crippen LogP contribution in [0.25, 0.3) is 0 Å². The minimum absolute atomic E-state index is 0.0417. The number of piperidine rings is 1. The summed E-state index contributed by atoms with van der Waals surface area (Å²) < 4.78 is 0. The lowest BCUT2D eigenvalue weighted by Crippen LogP contribution is -2.45. The molecule has 0 aliphatic carbocycles. The van der Waals surface area contributed by atoms with Gasteiger partial charge in [0.05, 0.1) is 0 Å². The molecular weight excluding hydrogens is 292 g/mol. The van der Waals surface area contributed by atoms with Crippen LogP contribution >= 0.6 is 0 Å². The van der Waals surface area contributed by atoms with Crippen LogP contribution in [0.5, 0.6) is 0 Å². The van der Waals surface area contributed by atoms with E-state index >= 15 is 0 Å². The van der Waals surface area contributed by atoms with Crippen molar-refractivity contribution in [2.24, 2.45) is 11.7 Å². The molecule has 2 atom stereocenters. The fourth-order valence-corrected chi connectivity index (χ4v) is 2.92. The molecule has 0 radical (unpaired) electrons. The lowest BCUT2D eigenvalue weighted by molar-refractivity contribution is 0.0856. The van der Waals surface area contributed by atoms with E-state index < -0.39 is 0 Å². The Morgan fingerprint density at radius 3 is 1.79 bits per heavy atom. The second kappa shape index (κ2) is 19.2. The third-order valence-electron chi connectivity index (χ3n) is 4.69. The first-order chi connectivity index (χ1) is 11.4. The minimum Gasteiger partial charge on any atom is -0.326 e. The van der Waals surface area contributed by atoms with Gasteiger partial charge in [-0.3, -0.25) is 0 Å². The number of hydrogen-bond donors (Lipinski definition) is 1. The minimum atomic E-state index is 0.0417. The molecule has 1 heterocycles. The summed E-state index contributed by atoms with van der Waals surface area (Å²) in [5.74, 6) is 0.977. The van der Waals surface area contributed by atoms with Crippen LogP contribution in [0.1, 0.15) is 114 Å². The highest BCUT2D eigenvalue weighted by Gasteiger charge is 2.27. The van der Waals surface area contributed by atoms with Gasteiger partial charge in [-0.1, -0.05) is 68.2 Å². The zero-order chi connectivity index (χ0) is 19.6. The number of likely N-dealkylation sites (tertiary alicyclic amines) is 1. The van der Waals surface area contributed by atoms with Gasteiger partial charge in [0.15, 0.2) is 0 Å². The Labute approximate surface area is 156 Å². The van der Waals surface area contributed by atoms with Gasteiger partial charge in [0, 0.05) is 11.6 Å². The van der Waals surface area contributed by atoms with Crippen molar-refractivity contribution in [1.29, 1.82) is 0 Å². The monoisotopic (exact) mass is 344 g/mol. The molecule has 0 aromatic rings. The van der Waals surface area contributed by atoms with Gasteiger partial charge < -0.3 is 10.6 Å². The van der Waals surface area contributed by atoms with Crippen molar-refractivity contribution >= 4 is 0 Å². The topological polar surface area (TPSA) is 29.3 Å². The van der Waals surface area contributed by atoms with E-state index in [1.54, 1.807) is 0 Å². The average molecular weight is 345 g/mol. The van der Waals surface area contributed by atoms with Gasteiger partial charge in [-0.05, 0) is 65.0 Å². The molecular formula is C22H52N2. The van der Waals surface area contributed by atoms with Crippen LogP contribution in [0.2, 0.25) is 0 Å². The van der Waals surface area contributed by atoms with E-state index in [1.165, 1.54) is 51.6 Å². The molecule has 2 nitrogen and oxygen atoms in total. The molecule has 1 fully saturated rings. The Kier molecular flexibility index (Phi) is 23.0. The number of unbranched alkanes of at least 4 members (excludes halogenated alkanes) is 1. The highest BCUT2D eigenvalue weighted by atomic mass is 15.2. The van der Waals surface area contributed by atoms with E-state index in [0.29, 0.717) is 0 Å². The molecule has 0 bridgehead atoms. The molecule has 2 N–H and O–H groups in total. The van der Waals surface area contributed by atoms with E-state index in [-0.39, 0.29) is 5.54 Å². The van der Waals surface area contributed by atoms with Gasteiger partial charge in [-0.25, -0.2) is 0 Å². The third-order valence-corrected chi connectivity index (χ3v) is 4.69. The van der Waals surface area contributed by atoms with Crippen LogP contribution in [-0.2, 0) is 0 Å². The molecule has 1 aliphatic heterocycles. The zero-order valence-electron chi connectivity index (χ0n) is 19.0. The Morgan fingerprint density at radius 2 is 1.46 bits per heavy atom. The van der Waals surface area contributed by atoms with Crippen LogP contribution in [0, 0.1) is 5.92 Å². The van der Waals surface area contributed by atoms with E-state index in [2.05, 4.69) is 32.6 Å². The number of rotatable bonds is 6. The number of nitrogens with two attached hydrogens (primary N) is 1. The van der Waals surface area contributed by atoms with Crippen LogP contribution in [0.3, 0.4) is 0 Å². The van der Waals surface area contributed by atoms with Crippen molar-refractivity contribution < 1.29 is 0 Å². The van der Waals surface area contributed by atoms with E-state index in [9.17, 15) is 0 Å². The standard InChI is InChI=1S/C13H27N.C5H13N.2C2H6/c1-4-7-10-14-11-8-9-12(5-2)13(14)6-3;1-4-5(2,3)6;2*1-2/h12-13H,4-11H2,1-3H3;4,6H2,1-3H3;2*1-2H3. The van der Waals surface area contributed by atoms with Crippen LogP contribution in [0.15, 0.2) is 0 Å². The first-order valence-corrected chi connectivity index (χ1v) is 10.9. The summed E-state index contributed by atoms with van der Waals surface area (Å²) in [7, 11) is 0. The lowest BCUT2D eigenvalue weighted by atomic mass is 9.85. The first-order valence-electron chi connectivity index (χ1n) is 10.9. The molecule has 150 valence electrons. The molecule has 0 amide bonds. The molecule has 0 spiro atoms. The quantitative estimate of drug-likeness (QED) is 0.569. The second-order valence-electron chi connectivity index (χ2n) is 7.02. The molecule has 0 aromatic heterocycles. The summed E-state index contributed by atoms with van der Waals surface area (Å²) in [6.07, 6.45) is 9.39. The van der Waals surface area contributed by atoms with E-state index in [0.717, 1.165) is 18.4 Å². The maximum Gasteiger partial charge on any atom is 0.0121 e. The van der Waals surface area contributed by atoms with Crippen molar-refractivity contribution in [3.8, 4) is 0 Å². The normalized spacial score (nSPS) is 20.6. The number of hydrogen-bond acceptors (Lipinski definition) is 2. The molecule has 1 saturated heterocycles. The largest absolute Gasteiger partial charge is 0.326 e. The predicted molar refractivity (Wildman–Crippen MR) is 115 cm³/mol. The van der Waals surface area contributed by atoms with Gasteiger partial charge in [0.1, 0.15) is 0 Å². The van der Waals surface area contributed by atoms with Gasteiger partial charge in [-0.15, -0.1) is 0 Å². The number of nitrogens with zero attached hydrogens (tertiary/aromatic N) is 1. The maximum atomic E-state index is 5.53. The van der Waals surface area contributed by atoms with Crippen molar-refractivity contribution in [3.63, 3.8) is 0 Å². The predicted octanol–water partition coefficient (Wildman–Crippen LogP) is 6.87. The summed E-state index contributed by atoms with van der Waals surface area (Å²) in [5, 5.41) is 0. The summed E-state index contributed by atoms with van der Waals surface area (Å²) >= 11 is 0. The Balaban J connectivity index is -0.000000371. The first kappa shape index (κ1) is 28.7. The van der Waals surface area contributed by atoms with Gasteiger partial charge in [-0.2, -0.15) is 0 Å². The van der Waals surface area contributed by atoms with Crippen LogP contribution < -0.4 is 5.73 Å². The highest BCUT2D eigenvalue weighted by molar-refractivity contribution is 4.82. The smallest absolute Gasteiger partial charge is 0.0121 e. The van der Waals surface area contributed by atoms with Crippen molar-refractivity contribution in [1.82, 2.24) is 4.90 Å². The van der Waals surface area contributed by atoms with Gasteiger partial charge in [0.2, 0.25) is 0 Å². The van der Waals surface area contributed by atoms with E-state index in [1.807, 2.05) is 41.5 Å². The van der Waals surface area contributed by atoms with Gasteiger partial charge in [0.25, 0.3) is 0 Å². The van der Waals surface area contributed by atoms with E-state index in [4.69, 9.17) is 5.73 Å². The lowest BCUT2D eigenvalue weighted by Gasteiger charge is -2.41. The molecule has 0 aromatic carbocycles. The molecule has 1 aliphatic rings. The molecule has 2 unspecified atom stereocenters. The van der Waals surface area contributed by atoms with Crippen molar-refractivity contribution in [2.75, 3.05) is 13.1 Å². The fraction of sp³-hybridized carbons (Fsp3) is 1.00. The van der Waals surface area contributed by atoms with Crippen molar-refractivity contribution in [2.45, 2.75) is 126 Å².